The van der Waals surface area contributed by atoms with E-state index >= 15 is 0 Å². The van der Waals surface area contributed by atoms with Gasteiger partial charge in [0.05, 0.1) is 11.2 Å². The number of para-hydroxylation sites is 1. The number of halogens is 2. The van der Waals surface area contributed by atoms with E-state index in [2.05, 4.69) is 9.82 Å². The summed E-state index contributed by atoms with van der Waals surface area (Å²) in [6.07, 6.45) is 2.58. The van der Waals surface area contributed by atoms with Crippen LogP contribution in [-0.4, -0.2) is 18.2 Å². The van der Waals surface area contributed by atoms with Gasteiger partial charge in [-0.25, -0.2) is 12.8 Å². The van der Waals surface area contributed by atoms with Gasteiger partial charge in [0.1, 0.15) is 16.4 Å². The minimum Gasteiger partial charge on any atom is -0.275 e. The molecule has 0 atom stereocenters. The SMILES string of the molecule is CC(C)n1cc(S(=O)(=O)Nc2c(F)cccc2Cl)cn1. The average Bonchev–Trinajstić information content (AvgIpc) is 2.84. The minimum atomic E-state index is -3.93. The predicted octanol–water partition coefficient (Wildman–Crippen LogP) is 3.06. The number of aromatic nitrogens is 2. The third kappa shape index (κ3) is 2.94. The number of hydrogen-bond donors (Lipinski definition) is 1. The molecule has 0 aliphatic carbocycles. The molecule has 1 aromatic carbocycles. The molecule has 5 nitrogen and oxygen atoms in total. The lowest BCUT2D eigenvalue weighted by Gasteiger charge is -2.09. The quantitative estimate of drug-likeness (QED) is 0.942. The summed E-state index contributed by atoms with van der Waals surface area (Å²) in [7, 11) is -3.93. The third-order valence-electron chi connectivity index (χ3n) is 2.62. The number of hydrogen-bond acceptors (Lipinski definition) is 3. The van der Waals surface area contributed by atoms with Crippen molar-refractivity contribution in [2.24, 2.45) is 0 Å². The maximum atomic E-state index is 13.6. The van der Waals surface area contributed by atoms with Crippen molar-refractivity contribution in [3.8, 4) is 0 Å². The van der Waals surface area contributed by atoms with Crippen LogP contribution in [0.2, 0.25) is 5.02 Å². The fraction of sp³-hybridized carbons (Fsp3) is 0.250. The van der Waals surface area contributed by atoms with Crippen molar-refractivity contribution in [2.45, 2.75) is 24.8 Å². The first-order valence-corrected chi connectivity index (χ1v) is 7.68. The fourth-order valence-corrected chi connectivity index (χ4v) is 2.82. The highest BCUT2D eigenvalue weighted by molar-refractivity contribution is 7.92. The number of nitrogens with zero attached hydrogens (tertiary/aromatic N) is 2. The summed E-state index contributed by atoms with van der Waals surface area (Å²) in [6, 6.07) is 3.95. The van der Waals surface area contributed by atoms with Gasteiger partial charge in [0, 0.05) is 12.2 Å². The van der Waals surface area contributed by atoms with E-state index in [9.17, 15) is 12.8 Å². The van der Waals surface area contributed by atoms with Gasteiger partial charge in [0.2, 0.25) is 0 Å². The van der Waals surface area contributed by atoms with E-state index in [1.54, 1.807) is 0 Å². The van der Waals surface area contributed by atoms with Crippen LogP contribution in [0.15, 0.2) is 35.5 Å². The van der Waals surface area contributed by atoms with Crippen LogP contribution in [0.5, 0.6) is 0 Å². The first-order chi connectivity index (χ1) is 9.31. The molecule has 0 aliphatic heterocycles. The Labute approximate surface area is 121 Å². The van der Waals surface area contributed by atoms with Gasteiger partial charge in [-0.15, -0.1) is 0 Å². The summed E-state index contributed by atoms with van der Waals surface area (Å²) in [5.74, 6) is -0.739. The summed E-state index contributed by atoms with van der Waals surface area (Å²) >= 11 is 5.79. The van der Waals surface area contributed by atoms with E-state index in [1.165, 1.54) is 29.2 Å². The number of rotatable bonds is 4. The first-order valence-electron chi connectivity index (χ1n) is 5.82. The van der Waals surface area contributed by atoms with Crippen molar-refractivity contribution in [2.75, 3.05) is 4.72 Å². The van der Waals surface area contributed by atoms with Gasteiger partial charge in [-0.2, -0.15) is 5.10 Å². The number of anilines is 1. The Kier molecular flexibility index (Phi) is 4.01. The average molecular weight is 318 g/mol. The highest BCUT2D eigenvalue weighted by Crippen LogP contribution is 2.27. The zero-order chi connectivity index (χ0) is 14.9. The molecule has 0 unspecified atom stereocenters. The normalized spacial score (nSPS) is 11.8. The lowest BCUT2D eigenvalue weighted by molar-refractivity contribution is 0.531. The van der Waals surface area contributed by atoms with Gasteiger partial charge in [-0.05, 0) is 26.0 Å². The third-order valence-corrected chi connectivity index (χ3v) is 4.24. The molecule has 0 amide bonds. The molecule has 0 radical (unpaired) electrons. The molecule has 0 saturated heterocycles. The van der Waals surface area contributed by atoms with Crippen LogP contribution in [0, 0.1) is 5.82 Å². The predicted molar refractivity (Wildman–Crippen MR) is 74.8 cm³/mol. The molecular weight excluding hydrogens is 305 g/mol. The van der Waals surface area contributed by atoms with Gasteiger partial charge < -0.3 is 0 Å². The van der Waals surface area contributed by atoms with Crippen molar-refractivity contribution in [3.05, 3.63) is 41.4 Å². The molecule has 0 saturated carbocycles. The summed E-state index contributed by atoms with van der Waals surface area (Å²) in [5.41, 5.74) is -0.272. The molecule has 0 spiro atoms. The zero-order valence-corrected chi connectivity index (χ0v) is 12.4. The van der Waals surface area contributed by atoms with Gasteiger partial charge >= 0.3 is 0 Å². The van der Waals surface area contributed by atoms with Crippen LogP contribution in [0.3, 0.4) is 0 Å². The fourth-order valence-electron chi connectivity index (χ4n) is 1.53. The minimum absolute atomic E-state index is 0.00942. The molecule has 2 rings (SSSR count). The van der Waals surface area contributed by atoms with E-state index in [1.807, 2.05) is 13.8 Å². The summed E-state index contributed by atoms with van der Waals surface area (Å²) in [5, 5.41) is 3.93. The molecule has 108 valence electrons. The number of benzene rings is 1. The van der Waals surface area contributed by atoms with E-state index in [4.69, 9.17) is 11.6 Å². The van der Waals surface area contributed by atoms with Gasteiger partial charge in [0.25, 0.3) is 10.0 Å². The molecule has 0 fully saturated rings. The molecular formula is C12H13ClFN3O2S. The maximum Gasteiger partial charge on any atom is 0.265 e. The van der Waals surface area contributed by atoms with Crippen LogP contribution >= 0.6 is 11.6 Å². The van der Waals surface area contributed by atoms with Crippen LogP contribution < -0.4 is 4.72 Å². The van der Waals surface area contributed by atoms with Crippen molar-refractivity contribution in [3.63, 3.8) is 0 Å². The van der Waals surface area contributed by atoms with Gasteiger partial charge in [-0.3, -0.25) is 9.40 Å². The highest BCUT2D eigenvalue weighted by Gasteiger charge is 2.20. The monoisotopic (exact) mass is 317 g/mol. The Morgan fingerprint density at radius 3 is 2.65 bits per heavy atom. The van der Waals surface area contributed by atoms with E-state index < -0.39 is 15.8 Å². The summed E-state index contributed by atoms with van der Waals surface area (Å²) in [4.78, 5) is -0.0504. The Balaban J connectivity index is 2.36. The highest BCUT2D eigenvalue weighted by atomic mass is 35.5. The molecule has 1 N–H and O–H groups in total. The van der Waals surface area contributed by atoms with E-state index in [0.29, 0.717) is 0 Å². The molecule has 2 aromatic rings. The Hall–Kier alpha value is -1.60. The van der Waals surface area contributed by atoms with Crippen LogP contribution in [0.4, 0.5) is 10.1 Å². The van der Waals surface area contributed by atoms with Crippen LogP contribution in [0.1, 0.15) is 19.9 Å². The summed E-state index contributed by atoms with van der Waals surface area (Å²) < 4.78 is 41.5. The maximum absolute atomic E-state index is 13.6. The molecule has 0 aliphatic rings. The van der Waals surface area contributed by atoms with Crippen molar-refractivity contribution < 1.29 is 12.8 Å². The van der Waals surface area contributed by atoms with Crippen molar-refractivity contribution >= 4 is 27.3 Å². The molecule has 1 heterocycles. The van der Waals surface area contributed by atoms with Crippen LogP contribution in [0.25, 0.3) is 0 Å². The lowest BCUT2D eigenvalue weighted by atomic mass is 10.3. The largest absolute Gasteiger partial charge is 0.275 e. The topological polar surface area (TPSA) is 64.0 Å². The Morgan fingerprint density at radius 1 is 1.40 bits per heavy atom. The second-order valence-corrected chi connectivity index (χ2v) is 6.54. The molecule has 8 heteroatoms. The van der Waals surface area contributed by atoms with Crippen LogP contribution in [-0.2, 0) is 10.0 Å². The number of nitrogens with one attached hydrogen (secondary N) is 1. The first kappa shape index (κ1) is 14.8. The number of sulfonamides is 1. The lowest BCUT2D eigenvalue weighted by Crippen LogP contribution is -2.14. The van der Waals surface area contributed by atoms with E-state index in [0.717, 1.165) is 6.07 Å². The van der Waals surface area contributed by atoms with Gasteiger partial charge in [0.15, 0.2) is 0 Å². The zero-order valence-electron chi connectivity index (χ0n) is 10.8. The molecule has 0 bridgehead atoms. The van der Waals surface area contributed by atoms with E-state index in [-0.39, 0.29) is 21.6 Å². The standard InChI is InChI=1S/C12H13ClFN3O2S/c1-8(2)17-7-9(6-15-17)20(18,19)16-12-10(13)4-3-5-11(12)14/h3-8,16H,1-2H3. The Bertz CT molecular complexity index is 708. The molecule has 20 heavy (non-hydrogen) atoms. The molecule has 1 aromatic heterocycles. The second kappa shape index (κ2) is 5.41. The summed E-state index contributed by atoms with van der Waals surface area (Å²) in [6.45, 7) is 3.73. The van der Waals surface area contributed by atoms with Gasteiger partial charge in [-0.1, -0.05) is 17.7 Å². The van der Waals surface area contributed by atoms with Crippen molar-refractivity contribution in [1.29, 1.82) is 0 Å². The second-order valence-electron chi connectivity index (χ2n) is 4.45. The Morgan fingerprint density at radius 2 is 2.10 bits per heavy atom. The smallest absolute Gasteiger partial charge is 0.265 e. The van der Waals surface area contributed by atoms with Crippen molar-refractivity contribution in [1.82, 2.24) is 9.78 Å².